The molecule has 5 heteroatoms. The molecule has 1 N–H and O–H groups in total. The third-order valence-electron chi connectivity index (χ3n) is 3.68. The number of carbonyl (C=O) groups excluding carboxylic acids is 1. The van der Waals surface area contributed by atoms with Gasteiger partial charge in [0.05, 0.1) is 19.2 Å². The van der Waals surface area contributed by atoms with Gasteiger partial charge in [-0.15, -0.1) is 0 Å². The van der Waals surface area contributed by atoms with Crippen molar-refractivity contribution in [2.75, 3.05) is 6.61 Å². The Morgan fingerprint density at radius 1 is 1.24 bits per heavy atom. The van der Waals surface area contributed by atoms with Crippen LogP contribution in [0, 0.1) is 13.8 Å². The van der Waals surface area contributed by atoms with E-state index in [2.05, 4.69) is 16.6 Å². The van der Waals surface area contributed by atoms with Crippen LogP contribution in [-0.2, 0) is 11.2 Å². The number of ether oxygens (including phenoxy) is 1. The van der Waals surface area contributed by atoms with Crippen LogP contribution in [0.15, 0.2) is 41.5 Å². The highest BCUT2D eigenvalue weighted by atomic mass is 35.5. The minimum absolute atomic E-state index is 0.166. The molecule has 0 saturated heterocycles. The van der Waals surface area contributed by atoms with Crippen LogP contribution < -0.4 is 10.2 Å². The molecule has 0 aliphatic heterocycles. The fourth-order valence-corrected chi connectivity index (χ4v) is 2.57. The summed E-state index contributed by atoms with van der Waals surface area (Å²) in [4.78, 5) is 12.1. The molecule has 0 heterocycles. The minimum atomic E-state index is -0.166. The van der Waals surface area contributed by atoms with Crippen LogP contribution in [0.2, 0.25) is 5.02 Å². The van der Waals surface area contributed by atoms with Crippen LogP contribution in [-0.4, -0.2) is 18.7 Å². The van der Waals surface area contributed by atoms with Gasteiger partial charge in [-0.3, -0.25) is 4.79 Å². The molecular formula is C20H23ClN2O2. The molecule has 25 heavy (non-hydrogen) atoms. The van der Waals surface area contributed by atoms with Crippen molar-refractivity contribution < 1.29 is 9.53 Å². The SMILES string of the molecule is CCCOc1ccc(Cl)cc1/C=N/NC(=O)Cc1ccc(C)cc1C. The van der Waals surface area contributed by atoms with E-state index in [1.165, 1.54) is 5.56 Å². The first-order valence-corrected chi connectivity index (χ1v) is 8.67. The average Bonchev–Trinajstić information content (AvgIpc) is 2.57. The van der Waals surface area contributed by atoms with Gasteiger partial charge in [0, 0.05) is 10.6 Å². The van der Waals surface area contributed by atoms with Gasteiger partial charge in [-0.2, -0.15) is 5.10 Å². The summed E-state index contributed by atoms with van der Waals surface area (Å²) in [5.41, 5.74) is 6.56. The second-order valence-corrected chi connectivity index (χ2v) is 6.37. The largest absolute Gasteiger partial charge is 0.493 e. The van der Waals surface area contributed by atoms with E-state index in [1.807, 2.05) is 32.9 Å². The summed E-state index contributed by atoms with van der Waals surface area (Å²) in [5.74, 6) is 0.528. The highest BCUT2D eigenvalue weighted by Crippen LogP contribution is 2.21. The number of nitrogens with one attached hydrogen (secondary N) is 1. The van der Waals surface area contributed by atoms with Gasteiger partial charge in [0.1, 0.15) is 5.75 Å². The van der Waals surface area contributed by atoms with E-state index in [0.717, 1.165) is 23.1 Å². The van der Waals surface area contributed by atoms with Gasteiger partial charge in [-0.25, -0.2) is 5.43 Å². The molecule has 132 valence electrons. The monoisotopic (exact) mass is 358 g/mol. The zero-order valence-electron chi connectivity index (χ0n) is 14.8. The van der Waals surface area contributed by atoms with Crippen molar-refractivity contribution in [3.63, 3.8) is 0 Å². The van der Waals surface area contributed by atoms with E-state index in [0.29, 0.717) is 17.4 Å². The number of nitrogens with zero attached hydrogens (tertiary/aromatic N) is 1. The number of halogens is 1. The van der Waals surface area contributed by atoms with E-state index in [-0.39, 0.29) is 12.3 Å². The summed E-state index contributed by atoms with van der Waals surface area (Å²) in [6.45, 7) is 6.69. The van der Waals surface area contributed by atoms with Crippen LogP contribution >= 0.6 is 11.6 Å². The van der Waals surface area contributed by atoms with Gasteiger partial charge in [-0.1, -0.05) is 42.3 Å². The zero-order valence-corrected chi connectivity index (χ0v) is 15.6. The fraction of sp³-hybridized carbons (Fsp3) is 0.300. The Labute approximate surface area is 153 Å². The lowest BCUT2D eigenvalue weighted by Crippen LogP contribution is -2.20. The molecule has 4 nitrogen and oxygen atoms in total. The van der Waals surface area contributed by atoms with Gasteiger partial charge in [-0.05, 0) is 49.6 Å². The number of benzene rings is 2. The molecule has 2 aromatic rings. The molecule has 0 saturated carbocycles. The highest BCUT2D eigenvalue weighted by Gasteiger charge is 2.06. The van der Waals surface area contributed by atoms with E-state index in [1.54, 1.807) is 24.4 Å². The number of hydrogen-bond acceptors (Lipinski definition) is 3. The van der Waals surface area contributed by atoms with Crippen molar-refractivity contribution >= 4 is 23.7 Å². The minimum Gasteiger partial charge on any atom is -0.493 e. The number of carbonyl (C=O) groups is 1. The van der Waals surface area contributed by atoms with Gasteiger partial charge in [0.25, 0.3) is 0 Å². The molecule has 0 unspecified atom stereocenters. The molecule has 1 amide bonds. The van der Waals surface area contributed by atoms with Crippen molar-refractivity contribution in [2.45, 2.75) is 33.6 Å². The Morgan fingerprint density at radius 3 is 2.76 bits per heavy atom. The second kappa shape index (κ2) is 9.23. The summed E-state index contributed by atoms with van der Waals surface area (Å²) in [6.07, 6.45) is 2.75. The van der Waals surface area contributed by atoms with Crippen molar-refractivity contribution in [2.24, 2.45) is 5.10 Å². The maximum atomic E-state index is 12.1. The normalized spacial score (nSPS) is 10.9. The number of rotatable bonds is 7. The zero-order chi connectivity index (χ0) is 18.2. The summed E-state index contributed by atoms with van der Waals surface area (Å²) < 4.78 is 5.66. The summed E-state index contributed by atoms with van der Waals surface area (Å²) in [7, 11) is 0. The van der Waals surface area contributed by atoms with E-state index in [9.17, 15) is 4.79 Å². The van der Waals surface area contributed by atoms with Crippen LogP contribution in [0.1, 0.15) is 35.6 Å². The van der Waals surface area contributed by atoms with Gasteiger partial charge >= 0.3 is 0 Å². The first-order chi connectivity index (χ1) is 12.0. The number of hydrazone groups is 1. The smallest absolute Gasteiger partial charge is 0.244 e. The van der Waals surface area contributed by atoms with Crippen LogP contribution in [0.25, 0.3) is 0 Å². The Bertz CT molecular complexity index is 772. The van der Waals surface area contributed by atoms with E-state index < -0.39 is 0 Å². The van der Waals surface area contributed by atoms with Crippen molar-refractivity contribution in [3.05, 3.63) is 63.7 Å². The molecule has 2 aromatic carbocycles. The predicted octanol–water partition coefficient (Wildman–Crippen LogP) is 4.44. The molecule has 0 radical (unpaired) electrons. The summed E-state index contributed by atoms with van der Waals surface area (Å²) in [6, 6.07) is 11.4. The Hall–Kier alpha value is -2.33. The number of aryl methyl sites for hydroxylation is 2. The van der Waals surface area contributed by atoms with Crippen LogP contribution in [0.4, 0.5) is 0 Å². The quantitative estimate of drug-likeness (QED) is 0.587. The Balaban J connectivity index is 2.00. The molecule has 0 fully saturated rings. The molecule has 0 aromatic heterocycles. The molecule has 0 aliphatic rings. The van der Waals surface area contributed by atoms with Gasteiger partial charge in [0.2, 0.25) is 5.91 Å². The summed E-state index contributed by atoms with van der Waals surface area (Å²) >= 11 is 6.03. The molecule has 2 rings (SSSR count). The number of hydrogen-bond donors (Lipinski definition) is 1. The Kier molecular flexibility index (Phi) is 7.02. The lowest BCUT2D eigenvalue weighted by Gasteiger charge is -2.08. The van der Waals surface area contributed by atoms with Gasteiger partial charge in [0.15, 0.2) is 0 Å². The second-order valence-electron chi connectivity index (χ2n) is 5.93. The molecule has 0 bridgehead atoms. The first-order valence-electron chi connectivity index (χ1n) is 8.30. The maximum Gasteiger partial charge on any atom is 0.244 e. The van der Waals surface area contributed by atoms with E-state index >= 15 is 0 Å². The highest BCUT2D eigenvalue weighted by molar-refractivity contribution is 6.30. The summed E-state index contributed by atoms with van der Waals surface area (Å²) in [5, 5.41) is 4.62. The number of amides is 1. The third-order valence-corrected chi connectivity index (χ3v) is 3.91. The first kappa shape index (κ1) is 19.0. The predicted molar refractivity (Wildman–Crippen MR) is 103 cm³/mol. The molecule has 0 aliphatic carbocycles. The topological polar surface area (TPSA) is 50.7 Å². The van der Waals surface area contributed by atoms with Gasteiger partial charge < -0.3 is 4.74 Å². The third kappa shape index (κ3) is 5.91. The van der Waals surface area contributed by atoms with Crippen molar-refractivity contribution in [3.8, 4) is 5.75 Å². The molecular weight excluding hydrogens is 336 g/mol. The standard InChI is InChI=1S/C20H23ClN2O2/c1-4-9-25-19-8-7-18(21)11-17(19)13-22-23-20(24)12-16-6-5-14(2)10-15(16)3/h5-8,10-11,13H,4,9,12H2,1-3H3,(H,23,24)/b22-13+. The average molecular weight is 359 g/mol. The lowest BCUT2D eigenvalue weighted by atomic mass is 10.0. The van der Waals surface area contributed by atoms with Crippen molar-refractivity contribution in [1.82, 2.24) is 5.43 Å². The fourth-order valence-electron chi connectivity index (χ4n) is 2.39. The lowest BCUT2D eigenvalue weighted by molar-refractivity contribution is -0.120. The van der Waals surface area contributed by atoms with Crippen LogP contribution in [0.3, 0.4) is 0 Å². The van der Waals surface area contributed by atoms with Crippen LogP contribution in [0.5, 0.6) is 5.75 Å². The molecule has 0 atom stereocenters. The maximum absolute atomic E-state index is 12.1. The van der Waals surface area contributed by atoms with Crippen molar-refractivity contribution in [1.29, 1.82) is 0 Å². The van der Waals surface area contributed by atoms with E-state index in [4.69, 9.17) is 16.3 Å². The Morgan fingerprint density at radius 2 is 2.04 bits per heavy atom. The molecule has 0 spiro atoms.